The van der Waals surface area contributed by atoms with Crippen LogP contribution in [0.25, 0.3) is 5.65 Å². The van der Waals surface area contributed by atoms with Crippen molar-refractivity contribution < 1.29 is 9.59 Å². The minimum atomic E-state index is -0.0167. The van der Waals surface area contributed by atoms with Gasteiger partial charge < -0.3 is 10.2 Å². The lowest BCUT2D eigenvalue weighted by Crippen LogP contribution is -2.40. The van der Waals surface area contributed by atoms with E-state index < -0.39 is 0 Å². The predicted octanol–water partition coefficient (Wildman–Crippen LogP) is 2.34. The van der Waals surface area contributed by atoms with E-state index in [1.165, 1.54) is 12.8 Å². The molecular weight excluding hydrogens is 342 g/mol. The van der Waals surface area contributed by atoms with Crippen molar-refractivity contribution in [3.05, 3.63) is 29.7 Å². The maximum Gasteiger partial charge on any atom is 0.259 e. The summed E-state index contributed by atoms with van der Waals surface area (Å²) < 4.78 is 1.64. The van der Waals surface area contributed by atoms with Crippen LogP contribution in [0.1, 0.15) is 61.0 Å². The van der Waals surface area contributed by atoms with Crippen molar-refractivity contribution in [1.29, 1.82) is 0 Å². The molecule has 1 aliphatic heterocycles. The highest BCUT2D eigenvalue weighted by molar-refractivity contribution is 5.99. The average Bonchev–Trinajstić information content (AvgIpc) is 3.31. The maximum absolute atomic E-state index is 12.9. The number of piperidine rings is 1. The number of hydrogen-bond donors (Lipinski definition) is 1. The third-order valence-corrected chi connectivity index (χ3v) is 5.83. The molecule has 7 heteroatoms. The number of amides is 2. The van der Waals surface area contributed by atoms with Gasteiger partial charge in [-0.05, 0) is 44.6 Å². The highest BCUT2D eigenvalue weighted by Gasteiger charge is 2.28. The molecule has 7 nitrogen and oxygen atoms in total. The van der Waals surface area contributed by atoms with Crippen LogP contribution in [0.4, 0.5) is 0 Å². The van der Waals surface area contributed by atoms with Gasteiger partial charge in [0.25, 0.3) is 5.91 Å². The monoisotopic (exact) mass is 369 g/mol. The lowest BCUT2D eigenvalue weighted by Gasteiger charge is -2.31. The first kappa shape index (κ1) is 17.9. The molecular formula is C20H27N5O2. The first-order chi connectivity index (χ1) is 13.1. The molecule has 2 fully saturated rings. The number of carbonyl (C=O) groups is 2. The normalized spacial score (nSPS) is 18.9. The molecule has 2 aliphatic rings. The van der Waals surface area contributed by atoms with E-state index in [2.05, 4.69) is 15.4 Å². The fourth-order valence-corrected chi connectivity index (χ4v) is 4.24. The Bertz CT molecular complexity index is 832. The second kappa shape index (κ2) is 7.66. The van der Waals surface area contributed by atoms with Gasteiger partial charge in [-0.2, -0.15) is 5.10 Å². The zero-order chi connectivity index (χ0) is 18.8. The van der Waals surface area contributed by atoms with Gasteiger partial charge in [-0.25, -0.2) is 9.50 Å². The Balaban J connectivity index is 1.32. The second-order valence-electron chi connectivity index (χ2n) is 7.88. The van der Waals surface area contributed by atoms with E-state index >= 15 is 0 Å². The second-order valence-corrected chi connectivity index (χ2v) is 7.88. The van der Waals surface area contributed by atoms with E-state index in [1.54, 1.807) is 10.7 Å². The molecule has 27 heavy (non-hydrogen) atoms. The summed E-state index contributed by atoms with van der Waals surface area (Å²) in [5.41, 5.74) is 2.03. The van der Waals surface area contributed by atoms with Crippen molar-refractivity contribution in [3.63, 3.8) is 0 Å². The molecule has 0 aromatic carbocycles. The molecule has 2 amide bonds. The minimum Gasteiger partial charge on any atom is -0.353 e. The zero-order valence-electron chi connectivity index (χ0n) is 15.9. The topological polar surface area (TPSA) is 79.6 Å². The summed E-state index contributed by atoms with van der Waals surface area (Å²) in [4.78, 5) is 31.5. The van der Waals surface area contributed by atoms with Crippen molar-refractivity contribution in [2.24, 2.45) is 5.92 Å². The fourth-order valence-electron chi connectivity index (χ4n) is 4.24. The van der Waals surface area contributed by atoms with E-state index in [0.717, 1.165) is 31.4 Å². The molecule has 2 aromatic rings. The molecule has 0 atom stereocenters. The molecule has 3 heterocycles. The van der Waals surface area contributed by atoms with Gasteiger partial charge in [0.2, 0.25) is 5.91 Å². The van der Waals surface area contributed by atoms with Gasteiger partial charge in [0, 0.05) is 37.4 Å². The van der Waals surface area contributed by atoms with Crippen LogP contribution in [0.15, 0.2) is 18.5 Å². The summed E-state index contributed by atoms with van der Waals surface area (Å²) in [5.74, 6) is 0.519. The largest absolute Gasteiger partial charge is 0.353 e. The number of nitrogens with one attached hydrogen (secondary N) is 1. The molecule has 2 aromatic heterocycles. The van der Waals surface area contributed by atoms with Crippen LogP contribution in [-0.4, -0.2) is 50.4 Å². The summed E-state index contributed by atoms with van der Waals surface area (Å²) in [6.45, 7) is 3.27. The predicted molar refractivity (Wildman–Crippen MR) is 101 cm³/mol. The number of nitrogens with zero attached hydrogens (tertiary/aromatic N) is 4. The molecule has 0 radical (unpaired) electrons. The SMILES string of the molecule is Cc1ccn2ncc(C(=O)N3CCC(CC(=O)NC4CCCC4)CC3)c2n1. The number of likely N-dealkylation sites (tertiary alicyclic amines) is 1. The number of aryl methyl sites for hydroxylation is 1. The third-order valence-electron chi connectivity index (χ3n) is 5.83. The third kappa shape index (κ3) is 3.96. The van der Waals surface area contributed by atoms with Crippen LogP contribution in [0.3, 0.4) is 0 Å². The smallest absolute Gasteiger partial charge is 0.259 e. The number of aromatic nitrogens is 3. The van der Waals surface area contributed by atoms with E-state index in [9.17, 15) is 9.59 Å². The first-order valence-electron chi connectivity index (χ1n) is 10.00. The summed E-state index contributed by atoms with van der Waals surface area (Å²) in [6, 6.07) is 2.25. The molecule has 0 unspecified atom stereocenters. The number of carbonyl (C=O) groups excluding carboxylic acids is 2. The molecule has 1 saturated carbocycles. The van der Waals surface area contributed by atoms with Crippen LogP contribution < -0.4 is 5.32 Å². The summed E-state index contributed by atoms with van der Waals surface area (Å²) in [6.07, 6.45) is 10.4. The van der Waals surface area contributed by atoms with Gasteiger partial charge >= 0.3 is 0 Å². The molecule has 4 rings (SSSR count). The summed E-state index contributed by atoms with van der Waals surface area (Å²) in [5, 5.41) is 7.40. The minimum absolute atomic E-state index is 0.0167. The Morgan fingerprint density at radius 2 is 1.93 bits per heavy atom. The molecule has 0 bridgehead atoms. The van der Waals surface area contributed by atoms with Crippen LogP contribution in [0, 0.1) is 12.8 Å². The zero-order valence-corrected chi connectivity index (χ0v) is 15.9. The van der Waals surface area contributed by atoms with Gasteiger partial charge in [0.05, 0.1) is 6.20 Å². The molecule has 144 valence electrons. The van der Waals surface area contributed by atoms with Gasteiger partial charge in [0.15, 0.2) is 5.65 Å². The Morgan fingerprint density at radius 1 is 1.19 bits per heavy atom. The van der Waals surface area contributed by atoms with Crippen LogP contribution in [0.5, 0.6) is 0 Å². The van der Waals surface area contributed by atoms with Crippen LogP contribution in [0.2, 0.25) is 0 Å². The van der Waals surface area contributed by atoms with E-state index in [1.807, 2.05) is 24.1 Å². The molecule has 1 aliphatic carbocycles. The Labute approximate surface area is 159 Å². The van der Waals surface area contributed by atoms with Gasteiger partial charge in [0.1, 0.15) is 5.56 Å². The maximum atomic E-state index is 12.9. The van der Waals surface area contributed by atoms with Crippen LogP contribution >= 0.6 is 0 Å². The van der Waals surface area contributed by atoms with E-state index in [-0.39, 0.29) is 11.8 Å². The highest BCUT2D eigenvalue weighted by Crippen LogP contribution is 2.24. The van der Waals surface area contributed by atoms with E-state index in [0.29, 0.717) is 42.7 Å². The van der Waals surface area contributed by atoms with Gasteiger partial charge in [-0.3, -0.25) is 9.59 Å². The Kier molecular flexibility index (Phi) is 5.09. The number of fused-ring (bicyclic) bond motifs is 1. The summed E-state index contributed by atoms with van der Waals surface area (Å²) in [7, 11) is 0. The van der Waals surface area contributed by atoms with Crippen molar-refractivity contribution in [2.45, 2.75) is 57.9 Å². The number of rotatable bonds is 4. The standard InChI is InChI=1S/C20H27N5O2/c1-14-6-11-25-19(22-14)17(13-21-25)20(27)24-9-7-15(8-10-24)12-18(26)23-16-4-2-3-5-16/h6,11,13,15-16H,2-5,7-10,12H2,1H3,(H,23,26). The number of hydrogen-bond acceptors (Lipinski definition) is 4. The van der Waals surface area contributed by atoms with Crippen molar-refractivity contribution >= 4 is 17.5 Å². The highest BCUT2D eigenvalue weighted by atomic mass is 16.2. The first-order valence-corrected chi connectivity index (χ1v) is 10.00. The van der Waals surface area contributed by atoms with Crippen LogP contribution in [-0.2, 0) is 4.79 Å². The molecule has 0 spiro atoms. The lowest BCUT2D eigenvalue weighted by atomic mass is 9.92. The van der Waals surface area contributed by atoms with Crippen molar-refractivity contribution in [2.75, 3.05) is 13.1 Å². The van der Waals surface area contributed by atoms with Crippen molar-refractivity contribution in [3.8, 4) is 0 Å². The van der Waals surface area contributed by atoms with Gasteiger partial charge in [-0.1, -0.05) is 12.8 Å². The molecule has 1 saturated heterocycles. The average molecular weight is 369 g/mol. The lowest BCUT2D eigenvalue weighted by molar-refractivity contribution is -0.123. The van der Waals surface area contributed by atoms with E-state index in [4.69, 9.17) is 0 Å². The van der Waals surface area contributed by atoms with Crippen molar-refractivity contribution in [1.82, 2.24) is 24.8 Å². The Hall–Kier alpha value is -2.44. The quantitative estimate of drug-likeness (QED) is 0.897. The summed E-state index contributed by atoms with van der Waals surface area (Å²) >= 11 is 0. The Morgan fingerprint density at radius 3 is 2.67 bits per heavy atom. The molecule has 1 N–H and O–H groups in total. The fraction of sp³-hybridized carbons (Fsp3) is 0.600. The van der Waals surface area contributed by atoms with Gasteiger partial charge in [-0.15, -0.1) is 0 Å².